The van der Waals surface area contributed by atoms with E-state index >= 15 is 0 Å². The lowest BCUT2D eigenvalue weighted by atomic mass is 10.0. The fraction of sp³-hybridized carbons (Fsp3) is 0.263. The molecule has 27 heavy (non-hydrogen) atoms. The highest BCUT2D eigenvalue weighted by molar-refractivity contribution is 8.03. The summed E-state index contributed by atoms with van der Waals surface area (Å²) in [6, 6.07) is 12.6. The maximum Gasteiger partial charge on any atom is 0.247 e. The highest BCUT2D eigenvalue weighted by Gasteiger charge is 2.30. The van der Waals surface area contributed by atoms with Gasteiger partial charge in [0.05, 0.1) is 17.3 Å². The van der Waals surface area contributed by atoms with E-state index in [0.717, 1.165) is 5.56 Å². The lowest BCUT2D eigenvalue weighted by molar-refractivity contribution is -0.114. The summed E-state index contributed by atoms with van der Waals surface area (Å²) in [5, 5.41) is 24.0. The van der Waals surface area contributed by atoms with Gasteiger partial charge in [0.15, 0.2) is 0 Å². The summed E-state index contributed by atoms with van der Waals surface area (Å²) >= 11 is 7.44. The molecule has 0 aliphatic carbocycles. The molecule has 1 aromatic carbocycles. The summed E-state index contributed by atoms with van der Waals surface area (Å²) in [6.45, 7) is 1.03. The first-order valence-corrected chi connectivity index (χ1v) is 9.59. The maximum atomic E-state index is 11.9. The van der Waals surface area contributed by atoms with Crippen molar-refractivity contribution in [1.29, 1.82) is 0 Å². The molecule has 8 heteroatoms. The van der Waals surface area contributed by atoms with E-state index in [1.807, 2.05) is 24.3 Å². The van der Waals surface area contributed by atoms with Crippen molar-refractivity contribution in [2.75, 3.05) is 11.9 Å². The van der Waals surface area contributed by atoms with Crippen LogP contribution in [0.15, 0.2) is 53.1 Å². The average Bonchev–Trinajstić information content (AvgIpc) is 3.06. The molecule has 142 valence electrons. The number of nitrogens with two attached hydrogens (primary N) is 1. The van der Waals surface area contributed by atoms with Gasteiger partial charge in [-0.2, -0.15) is 0 Å². The van der Waals surface area contributed by atoms with Gasteiger partial charge in [-0.1, -0.05) is 41.6 Å². The molecule has 2 unspecified atom stereocenters. The first kappa shape index (κ1) is 19.7. The normalized spacial score (nSPS) is 19.0. The number of amides is 1. The number of aliphatic hydroxyl groups is 2. The number of hydrogen-bond donors (Lipinski definition) is 4. The number of carbonyl (C=O) groups is 1. The van der Waals surface area contributed by atoms with Crippen LogP contribution in [-0.2, 0) is 10.4 Å². The van der Waals surface area contributed by atoms with E-state index in [4.69, 9.17) is 17.3 Å². The zero-order chi connectivity index (χ0) is 19.6. The molecule has 0 spiro atoms. The van der Waals surface area contributed by atoms with E-state index in [0.29, 0.717) is 33.6 Å². The quantitative estimate of drug-likeness (QED) is 0.588. The van der Waals surface area contributed by atoms with E-state index in [2.05, 4.69) is 10.3 Å². The van der Waals surface area contributed by atoms with Crippen LogP contribution < -0.4 is 11.1 Å². The van der Waals surface area contributed by atoms with Gasteiger partial charge in [-0.05, 0) is 43.2 Å². The lowest BCUT2D eigenvalue weighted by Gasteiger charge is -2.20. The van der Waals surface area contributed by atoms with Crippen molar-refractivity contribution < 1.29 is 15.0 Å². The fourth-order valence-electron chi connectivity index (χ4n) is 2.72. The zero-order valence-electron chi connectivity index (χ0n) is 14.6. The van der Waals surface area contributed by atoms with Crippen LogP contribution in [0.1, 0.15) is 29.9 Å². The SMILES string of the molecule is CC(O)(CO)c1cccc(NC2=C(C(N)=O)CC(c3ccc(Cl)cc3)S2)n1. The Kier molecular flexibility index (Phi) is 5.76. The minimum Gasteiger partial charge on any atom is -0.393 e. The van der Waals surface area contributed by atoms with Crippen LogP contribution in [0.3, 0.4) is 0 Å². The minimum absolute atomic E-state index is 0.0380. The van der Waals surface area contributed by atoms with E-state index in [1.54, 1.807) is 18.2 Å². The number of primary amides is 1. The Hall–Kier alpha value is -2.06. The van der Waals surface area contributed by atoms with E-state index < -0.39 is 18.1 Å². The maximum absolute atomic E-state index is 11.9. The molecule has 5 N–H and O–H groups in total. The van der Waals surface area contributed by atoms with Crippen LogP contribution >= 0.6 is 23.4 Å². The number of anilines is 1. The molecular formula is C19H20ClN3O3S. The molecule has 2 aromatic rings. The predicted molar refractivity (Wildman–Crippen MR) is 107 cm³/mol. The summed E-state index contributed by atoms with van der Waals surface area (Å²) in [5.41, 5.74) is 5.99. The van der Waals surface area contributed by atoms with Crippen molar-refractivity contribution in [3.05, 3.63) is 69.3 Å². The largest absolute Gasteiger partial charge is 0.393 e. The summed E-state index contributed by atoms with van der Waals surface area (Å²) < 4.78 is 0. The van der Waals surface area contributed by atoms with Crippen molar-refractivity contribution in [2.45, 2.75) is 24.2 Å². The van der Waals surface area contributed by atoms with Gasteiger partial charge < -0.3 is 21.3 Å². The molecule has 6 nitrogen and oxygen atoms in total. The second kappa shape index (κ2) is 7.90. The topological polar surface area (TPSA) is 108 Å². The van der Waals surface area contributed by atoms with Crippen LogP contribution in [-0.4, -0.2) is 27.7 Å². The Morgan fingerprint density at radius 2 is 2.07 bits per heavy atom. The van der Waals surface area contributed by atoms with Gasteiger partial charge in [0.2, 0.25) is 5.91 Å². The van der Waals surface area contributed by atoms with Gasteiger partial charge >= 0.3 is 0 Å². The van der Waals surface area contributed by atoms with Crippen LogP contribution in [0.2, 0.25) is 5.02 Å². The van der Waals surface area contributed by atoms with Crippen molar-refractivity contribution in [2.24, 2.45) is 5.73 Å². The summed E-state index contributed by atoms with van der Waals surface area (Å²) in [7, 11) is 0. The Morgan fingerprint density at radius 1 is 1.37 bits per heavy atom. The van der Waals surface area contributed by atoms with Crippen molar-refractivity contribution in [1.82, 2.24) is 4.98 Å². The molecule has 2 heterocycles. The van der Waals surface area contributed by atoms with E-state index in [9.17, 15) is 15.0 Å². The monoisotopic (exact) mass is 405 g/mol. The average molecular weight is 406 g/mol. The van der Waals surface area contributed by atoms with Gasteiger partial charge in [0.25, 0.3) is 0 Å². The Balaban J connectivity index is 1.84. The molecule has 3 rings (SSSR count). The number of aromatic nitrogens is 1. The molecule has 1 aliphatic rings. The Labute approximate surface area is 166 Å². The predicted octanol–water partition coefficient (Wildman–Crippen LogP) is 2.92. The number of carbonyl (C=O) groups excluding carboxylic acids is 1. The first-order chi connectivity index (χ1) is 12.8. The third-order valence-corrected chi connectivity index (χ3v) is 5.87. The highest BCUT2D eigenvalue weighted by atomic mass is 35.5. The molecule has 0 saturated heterocycles. The van der Waals surface area contributed by atoms with Crippen molar-refractivity contribution in [3.8, 4) is 0 Å². The lowest BCUT2D eigenvalue weighted by Crippen LogP contribution is -2.27. The van der Waals surface area contributed by atoms with Crippen molar-refractivity contribution >= 4 is 35.1 Å². The van der Waals surface area contributed by atoms with Gasteiger partial charge in [-0.15, -0.1) is 0 Å². The van der Waals surface area contributed by atoms with E-state index in [1.165, 1.54) is 18.7 Å². The molecular weight excluding hydrogens is 386 g/mol. The van der Waals surface area contributed by atoms with Gasteiger partial charge in [-0.25, -0.2) is 4.98 Å². The van der Waals surface area contributed by atoms with Crippen LogP contribution in [0, 0.1) is 0 Å². The van der Waals surface area contributed by atoms with Crippen LogP contribution in [0.25, 0.3) is 0 Å². The molecule has 0 saturated carbocycles. The molecule has 2 atom stereocenters. The molecule has 0 bridgehead atoms. The number of nitrogens with zero attached hydrogens (tertiary/aromatic N) is 1. The minimum atomic E-state index is -1.45. The summed E-state index contributed by atoms with van der Waals surface area (Å²) in [6.07, 6.45) is 0.498. The molecule has 0 radical (unpaired) electrons. The number of aliphatic hydroxyl groups excluding tert-OH is 1. The number of benzene rings is 1. The van der Waals surface area contributed by atoms with Gasteiger partial charge in [-0.3, -0.25) is 4.79 Å². The van der Waals surface area contributed by atoms with Gasteiger partial charge in [0.1, 0.15) is 11.4 Å². The number of hydrogen-bond acceptors (Lipinski definition) is 6. The number of pyridine rings is 1. The highest BCUT2D eigenvalue weighted by Crippen LogP contribution is 2.47. The standard InChI is InChI=1S/C19H20ClN3O3S/c1-19(26,10-24)15-3-2-4-16(22-15)23-18-13(17(21)25)9-14(27-18)11-5-7-12(20)8-6-11/h2-8,14,24,26H,9-10H2,1H3,(H2,21,25)(H,22,23). The van der Waals surface area contributed by atoms with E-state index in [-0.39, 0.29) is 5.25 Å². The summed E-state index contributed by atoms with van der Waals surface area (Å²) in [4.78, 5) is 16.2. The number of rotatable bonds is 6. The number of nitrogens with one attached hydrogen (secondary N) is 1. The number of thioether (sulfide) groups is 1. The first-order valence-electron chi connectivity index (χ1n) is 8.33. The third-order valence-electron chi connectivity index (χ3n) is 4.31. The molecule has 1 aliphatic heterocycles. The molecule has 1 aromatic heterocycles. The second-order valence-corrected chi connectivity index (χ2v) is 8.15. The van der Waals surface area contributed by atoms with Crippen LogP contribution in [0.5, 0.6) is 0 Å². The Bertz CT molecular complexity index is 884. The van der Waals surface area contributed by atoms with Crippen molar-refractivity contribution in [3.63, 3.8) is 0 Å². The van der Waals surface area contributed by atoms with Gasteiger partial charge in [0, 0.05) is 15.8 Å². The molecule has 0 fully saturated rings. The van der Waals surface area contributed by atoms with Crippen LogP contribution in [0.4, 0.5) is 5.82 Å². The number of halogens is 1. The molecule has 1 amide bonds. The third kappa shape index (κ3) is 4.44. The zero-order valence-corrected chi connectivity index (χ0v) is 16.2. The fourth-order valence-corrected chi connectivity index (χ4v) is 4.16. The Morgan fingerprint density at radius 3 is 2.70 bits per heavy atom. The second-order valence-electron chi connectivity index (χ2n) is 6.50. The summed E-state index contributed by atoms with van der Waals surface area (Å²) in [5.74, 6) is -0.0285. The smallest absolute Gasteiger partial charge is 0.247 e.